The normalized spacial score (nSPS) is 11.9. The van der Waals surface area contributed by atoms with Crippen molar-refractivity contribution in [2.45, 2.75) is 32.9 Å². The highest BCUT2D eigenvalue weighted by atomic mass is 19.4. The second kappa shape index (κ2) is 5.89. The molecule has 0 fully saturated rings. The first kappa shape index (κ1) is 13.8. The third-order valence-electron chi connectivity index (χ3n) is 2.35. The molecule has 2 nitrogen and oxygen atoms in total. The number of nitrogens with one attached hydrogen (secondary N) is 1. The highest BCUT2D eigenvalue weighted by Crippen LogP contribution is 2.29. The van der Waals surface area contributed by atoms with Crippen LogP contribution in [0.5, 0.6) is 0 Å². The number of hydrogen-bond acceptors (Lipinski definition) is 2. The average Bonchev–Trinajstić information content (AvgIpc) is 2.23. The molecule has 0 aliphatic carbocycles. The zero-order valence-electron chi connectivity index (χ0n) is 10.0. The molecule has 0 aromatic carbocycles. The molecule has 5 heteroatoms. The Bertz CT molecular complexity index is 348. The van der Waals surface area contributed by atoms with Crippen molar-refractivity contribution < 1.29 is 13.2 Å². The Morgan fingerprint density at radius 1 is 1.35 bits per heavy atom. The Morgan fingerprint density at radius 2 is 2.06 bits per heavy atom. The minimum atomic E-state index is -4.31. The third-order valence-corrected chi connectivity index (χ3v) is 2.35. The fourth-order valence-electron chi connectivity index (χ4n) is 1.43. The Balaban J connectivity index is 2.49. The van der Waals surface area contributed by atoms with E-state index in [4.69, 9.17) is 0 Å². The number of nitrogens with zero attached hydrogens (tertiary/aromatic N) is 1. The van der Waals surface area contributed by atoms with Crippen LogP contribution in [0.15, 0.2) is 18.3 Å². The summed E-state index contributed by atoms with van der Waals surface area (Å²) in [5.74, 6) is 0.884. The summed E-state index contributed by atoms with van der Waals surface area (Å²) in [6.45, 7) is 4.87. The molecule has 0 aliphatic rings. The molecule has 1 N–H and O–H groups in total. The maximum Gasteiger partial charge on any atom is 0.416 e. The van der Waals surface area contributed by atoms with Gasteiger partial charge in [-0.2, -0.15) is 13.2 Å². The van der Waals surface area contributed by atoms with Crippen LogP contribution in [0.2, 0.25) is 0 Å². The molecule has 1 rings (SSSR count). The van der Waals surface area contributed by atoms with Gasteiger partial charge in [0.2, 0.25) is 0 Å². The molecule has 1 aromatic rings. The summed E-state index contributed by atoms with van der Waals surface area (Å²) in [6.07, 6.45) is -1.16. The van der Waals surface area contributed by atoms with E-state index in [0.29, 0.717) is 12.5 Å². The van der Waals surface area contributed by atoms with Gasteiger partial charge in [0.15, 0.2) is 0 Å². The smallest absolute Gasteiger partial charge is 0.370 e. The van der Waals surface area contributed by atoms with Crippen molar-refractivity contribution in [2.24, 2.45) is 5.92 Å². The second-order valence-electron chi connectivity index (χ2n) is 4.39. The maximum atomic E-state index is 12.4. The summed E-state index contributed by atoms with van der Waals surface area (Å²) < 4.78 is 37.2. The predicted molar refractivity (Wildman–Crippen MR) is 61.8 cm³/mol. The average molecular weight is 246 g/mol. The molecule has 0 saturated heterocycles. The molecular formula is C12H17F3N2. The lowest BCUT2D eigenvalue weighted by molar-refractivity contribution is -0.137. The van der Waals surface area contributed by atoms with Gasteiger partial charge in [0.25, 0.3) is 0 Å². The van der Waals surface area contributed by atoms with Crippen LogP contribution in [0.25, 0.3) is 0 Å². The van der Waals surface area contributed by atoms with Gasteiger partial charge in [0.1, 0.15) is 5.82 Å². The van der Waals surface area contributed by atoms with Crippen molar-refractivity contribution in [3.05, 3.63) is 23.9 Å². The molecule has 0 spiro atoms. The Kier molecular flexibility index (Phi) is 4.78. The van der Waals surface area contributed by atoms with E-state index in [1.165, 1.54) is 6.20 Å². The number of halogens is 3. The van der Waals surface area contributed by atoms with Crippen molar-refractivity contribution in [1.82, 2.24) is 4.98 Å². The van der Waals surface area contributed by atoms with Gasteiger partial charge >= 0.3 is 6.18 Å². The standard InChI is InChI=1S/C12H17F3N2/c1-9(2)4-3-6-16-11-8-10(5-7-17-11)12(13,14)15/h5,7-9H,3-4,6H2,1-2H3,(H,16,17). The first-order valence-electron chi connectivity index (χ1n) is 5.66. The largest absolute Gasteiger partial charge is 0.416 e. The molecule has 1 aromatic heterocycles. The number of aromatic nitrogens is 1. The second-order valence-corrected chi connectivity index (χ2v) is 4.39. The van der Waals surface area contributed by atoms with Gasteiger partial charge < -0.3 is 5.32 Å². The van der Waals surface area contributed by atoms with Crippen molar-refractivity contribution in [3.8, 4) is 0 Å². The van der Waals surface area contributed by atoms with E-state index in [2.05, 4.69) is 24.1 Å². The van der Waals surface area contributed by atoms with E-state index >= 15 is 0 Å². The fraction of sp³-hybridized carbons (Fsp3) is 0.583. The highest BCUT2D eigenvalue weighted by Gasteiger charge is 2.30. The first-order chi connectivity index (χ1) is 7.89. The quantitative estimate of drug-likeness (QED) is 0.796. The van der Waals surface area contributed by atoms with Gasteiger partial charge in [0.05, 0.1) is 5.56 Å². The topological polar surface area (TPSA) is 24.9 Å². The summed E-state index contributed by atoms with van der Waals surface area (Å²) >= 11 is 0. The molecule has 1 heterocycles. The number of pyridine rings is 1. The van der Waals surface area contributed by atoms with Crippen LogP contribution in [0.3, 0.4) is 0 Å². The zero-order valence-corrected chi connectivity index (χ0v) is 10.0. The molecule has 0 amide bonds. The minimum Gasteiger partial charge on any atom is -0.370 e. The molecule has 0 atom stereocenters. The maximum absolute atomic E-state index is 12.4. The molecule has 0 saturated carbocycles. The van der Waals surface area contributed by atoms with Crippen LogP contribution >= 0.6 is 0 Å². The zero-order chi connectivity index (χ0) is 12.9. The van der Waals surface area contributed by atoms with E-state index in [1.807, 2.05) is 0 Å². The van der Waals surface area contributed by atoms with Crippen LogP contribution < -0.4 is 5.32 Å². The first-order valence-corrected chi connectivity index (χ1v) is 5.66. The molecule has 0 aliphatic heterocycles. The van der Waals surface area contributed by atoms with E-state index in [0.717, 1.165) is 25.0 Å². The van der Waals surface area contributed by atoms with Gasteiger partial charge in [-0.3, -0.25) is 0 Å². The summed E-state index contributed by atoms with van der Waals surface area (Å²) in [5, 5.41) is 2.90. The minimum absolute atomic E-state index is 0.281. The summed E-state index contributed by atoms with van der Waals surface area (Å²) in [4.78, 5) is 3.86. The van der Waals surface area contributed by atoms with Gasteiger partial charge in [-0.15, -0.1) is 0 Å². The number of rotatable bonds is 5. The van der Waals surface area contributed by atoms with E-state index in [9.17, 15) is 13.2 Å². The van der Waals surface area contributed by atoms with E-state index in [1.54, 1.807) is 0 Å². The summed E-state index contributed by atoms with van der Waals surface area (Å²) in [5.41, 5.74) is -0.668. The lowest BCUT2D eigenvalue weighted by Gasteiger charge is -2.10. The van der Waals surface area contributed by atoms with Crippen LogP contribution in [-0.2, 0) is 6.18 Å². The van der Waals surface area contributed by atoms with Gasteiger partial charge in [-0.05, 0) is 30.9 Å². The van der Waals surface area contributed by atoms with Gasteiger partial charge in [-0.1, -0.05) is 13.8 Å². The van der Waals surface area contributed by atoms with Gasteiger partial charge in [0, 0.05) is 12.7 Å². The van der Waals surface area contributed by atoms with Crippen molar-refractivity contribution >= 4 is 5.82 Å². The monoisotopic (exact) mass is 246 g/mol. The summed E-state index contributed by atoms with van der Waals surface area (Å²) in [6, 6.07) is 2.01. The van der Waals surface area contributed by atoms with Crippen LogP contribution in [0, 0.1) is 5.92 Å². The molecular weight excluding hydrogens is 229 g/mol. The van der Waals surface area contributed by atoms with Crippen molar-refractivity contribution in [2.75, 3.05) is 11.9 Å². The highest BCUT2D eigenvalue weighted by molar-refractivity contribution is 5.38. The lowest BCUT2D eigenvalue weighted by Crippen LogP contribution is -2.08. The molecule has 0 radical (unpaired) electrons. The molecule has 0 unspecified atom stereocenters. The van der Waals surface area contributed by atoms with Crippen LogP contribution in [0.4, 0.5) is 19.0 Å². The van der Waals surface area contributed by atoms with E-state index in [-0.39, 0.29) is 5.82 Å². The molecule has 96 valence electrons. The molecule has 0 bridgehead atoms. The number of anilines is 1. The Hall–Kier alpha value is -1.26. The lowest BCUT2D eigenvalue weighted by atomic mass is 10.1. The summed E-state index contributed by atoms with van der Waals surface area (Å²) in [7, 11) is 0. The number of hydrogen-bond donors (Lipinski definition) is 1. The third kappa shape index (κ3) is 5.06. The van der Waals surface area contributed by atoms with Crippen LogP contribution in [0.1, 0.15) is 32.3 Å². The SMILES string of the molecule is CC(C)CCCNc1cc(C(F)(F)F)ccn1. The fourth-order valence-corrected chi connectivity index (χ4v) is 1.43. The predicted octanol–water partition coefficient (Wildman–Crippen LogP) is 3.95. The van der Waals surface area contributed by atoms with Gasteiger partial charge in [-0.25, -0.2) is 4.98 Å². The Labute approximate surface area is 99.3 Å². The van der Waals surface area contributed by atoms with Crippen LogP contribution in [-0.4, -0.2) is 11.5 Å². The van der Waals surface area contributed by atoms with Crippen molar-refractivity contribution in [3.63, 3.8) is 0 Å². The Morgan fingerprint density at radius 3 is 2.65 bits per heavy atom. The van der Waals surface area contributed by atoms with E-state index < -0.39 is 11.7 Å². The number of alkyl halides is 3. The molecule has 17 heavy (non-hydrogen) atoms. The van der Waals surface area contributed by atoms with Crippen molar-refractivity contribution in [1.29, 1.82) is 0 Å².